The number of hydrogen-bond donors (Lipinski definition) is 1. The van der Waals surface area contributed by atoms with Crippen LogP contribution in [0.5, 0.6) is 0 Å². The SMILES string of the molecule is Cc1sc(C2CCCS2)nc1N. The molecule has 1 fully saturated rings. The molecule has 12 heavy (non-hydrogen) atoms. The summed E-state index contributed by atoms with van der Waals surface area (Å²) in [5, 5.41) is 1.86. The van der Waals surface area contributed by atoms with Gasteiger partial charge in [-0.15, -0.1) is 11.3 Å². The van der Waals surface area contributed by atoms with Gasteiger partial charge in [0, 0.05) is 4.88 Å². The summed E-state index contributed by atoms with van der Waals surface area (Å²) < 4.78 is 0. The molecule has 2 heterocycles. The van der Waals surface area contributed by atoms with Crippen LogP contribution in [0.25, 0.3) is 0 Å². The molecule has 1 saturated heterocycles. The third-order valence-electron chi connectivity index (χ3n) is 2.05. The first kappa shape index (κ1) is 8.38. The molecule has 2 nitrogen and oxygen atoms in total. The number of anilines is 1. The minimum absolute atomic E-state index is 0.631. The molecule has 0 saturated carbocycles. The number of rotatable bonds is 1. The van der Waals surface area contributed by atoms with Gasteiger partial charge in [-0.25, -0.2) is 4.98 Å². The van der Waals surface area contributed by atoms with E-state index >= 15 is 0 Å². The van der Waals surface area contributed by atoms with E-state index in [1.807, 2.05) is 18.7 Å². The van der Waals surface area contributed by atoms with Crippen LogP contribution >= 0.6 is 23.1 Å². The summed E-state index contributed by atoms with van der Waals surface area (Å²) in [5.41, 5.74) is 5.70. The largest absolute Gasteiger partial charge is 0.383 e. The van der Waals surface area contributed by atoms with Gasteiger partial charge in [0.15, 0.2) is 0 Å². The van der Waals surface area contributed by atoms with Crippen LogP contribution in [-0.2, 0) is 0 Å². The Morgan fingerprint density at radius 3 is 2.92 bits per heavy atom. The zero-order valence-electron chi connectivity index (χ0n) is 7.04. The normalized spacial score (nSPS) is 23.2. The van der Waals surface area contributed by atoms with Crippen molar-refractivity contribution in [3.8, 4) is 0 Å². The highest BCUT2D eigenvalue weighted by Gasteiger charge is 2.21. The van der Waals surface area contributed by atoms with E-state index < -0.39 is 0 Å². The predicted molar refractivity (Wildman–Crippen MR) is 55.7 cm³/mol. The highest BCUT2D eigenvalue weighted by molar-refractivity contribution is 7.99. The number of nitrogens with zero attached hydrogens (tertiary/aromatic N) is 1. The minimum Gasteiger partial charge on any atom is -0.383 e. The minimum atomic E-state index is 0.631. The molecular formula is C8H12N2S2. The molecule has 1 atom stereocenters. The molecule has 4 heteroatoms. The molecule has 1 aromatic rings. The fourth-order valence-electron chi connectivity index (χ4n) is 1.34. The molecule has 66 valence electrons. The molecular weight excluding hydrogens is 188 g/mol. The second kappa shape index (κ2) is 3.26. The first-order valence-corrected chi connectivity index (χ1v) is 5.98. The first-order valence-electron chi connectivity index (χ1n) is 4.12. The Bertz CT molecular complexity index is 257. The fourth-order valence-corrected chi connectivity index (χ4v) is 3.69. The monoisotopic (exact) mass is 200 g/mol. The van der Waals surface area contributed by atoms with Gasteiger partial charge in [-0.1, -0.05) is 0 Å². The van der Waals surface area contributed by atoms with Gasteiger partial charge in [0.2, 0.25) is 0 Å². The lowest BCUT2D eigenvalue weighted by atomic mass is 10.3. The van der Waals surface area contributed by atoms with Crippen molar-refractivity contribution in [1.82, 2.24) is 4.98 Å². The molecule has 2 rings (SSSR count). The van der Waals surface area contributed by atoms with Crippen molar-refractivity contribution < 1.29 is 0 Å². The Balaban J connectivity index is 2.21. The second-order valence-electron chi connectivity index (χ2n) is 3.00. The molecule has 1 unspecified atom stereocenters. The van der Waals surface area contributed by atoms with Gasteiger partial charge in [0.05, 0.1) is 5.25 Å². The number of thioether (sulfide) groups is 1. The van der Waals surface area contributed by atoms with Gasteiger partial charge in [-0.05, 0) is 25.5 Å². The summed E-state index contributed by atoms with van der Waals surface area (Å²) in [7, 11) is 0. The highest BCUT2D eigenvalue weighted by atomic mass is 32.2. The third kappa shape index (κ3) is 1.45. The maximum atomic E-state index is 5.70. The molecule has 0 amide bonds. The Morgan fingerprint density at radius 1 is 1.58 bits per heavy atom. The van der Waals surface area contributed by atoms with Gasteiger partial charge in [-0.2, -0.15) is 11.8 Å². The fraction of sp³-hybridized carbons (Fsp3) is 0.625. The average Bonchev–Trinajstić information content (AvgIpc) is 2.61. The molecule has 0 aliphatic carbocycles. The third-order valence-corrected chi connectivity index (χ3v) is 4.69. The Hall–Kier alpha value is -0.220. The molecule has 0 bridgehead atoms. The lowest BCUT2D eigenvalue weighted by Gasteiger charge is -2.01. The van der Waals surface area contributed by atoms with E-state index in [0.717, 1.165) is 10.7 Å². The Morgan fingerprint density at radius 2 is 2.42 bits per heavy atom. The van der Waals surface area contributed by atoms with E-state index in [1.165, 1.54) is 23.6 Å². The van der Waals surface area contributed by atoms with Crippen LogP contribution in [0, 0.1) is 6.92 Å². The molecule has 1 aliphatic rings. The van der Waals surface area contributed by atoms with Crippen LogP contribution in [0.15, 0.2) is 0 Å². The molecule has 0 aromatic carbocycles. The van der Waals surface area contributed by atoms with Crippen molar-refractivity contribution in [2.45, 2.75) is 25.0 Å². The van der Waals surface area contributed by atoms with Crippen molar-refractivity contribution in [2.75, 3.05) is 11.5 Å². The van der Waals surface area contributed by atoms with E-state index in [2.05, 4.69) is 4.98 Å². The van der Waals surface area contributed by atoms with Gasteiger partial charge in [-0.3, -0.25) is 0 Å². The lowest BCUT2D eigenvalue weighted by Crippen LogP contribution is -1.89. The predicted octanol–water partition coefficient (Wildman–Crippen LogP) is 2.60. The summed E-state index contributed by atoms with van der Waals surface area (Å²) >= 11 is 3.76. The number of hydrogen-bond acceptors (Lipinski definition) is 4. The molecule has 0 spiro atoms. The van der Waals surface area contributed by atoms with Crippen LogP contribution in [-0.4, -0.2) is 10.7 Å². The van der Waals surface area contributed by atoms with Gasteiger partial charge < -0.3 is 5.73 Å². The summed E-state index contributed by atoms with van der Waals surface area (Å²) in [4.78, 5) is 5.53. The molecule has 2 N–H and O–H groups in total. The summed E-state index contributed by atoms with van der Waals surface area (Å²) in [5.74, 6) is 2.01. The number of nitrogens with two attached hydrogens (primary N) is 1. The maximum absolute atomic E-state index is 5.70. The molecule has 0 radical (unpaired) electrons. The van der Waals surface area contributed by atoms with E-state index in [1.54, 1.807) is 11.3 Å². The summed E-state index contributed by atoms with van der Waals surface area (Å²) in [6.07, 6.45) is 2.60. The van der Waals surface area contributed by atoms with E-state index in [4.69, 9.17) is 5.73 Å². The van der Waals surface area contributed by atoms with Crippen LogP contribution in [0.2, 0.25) is 0 Å². The number of aromatic nitrogens is 1. The second-order valence-corrected chi connectivity index (χ2v) is 5.54. The molecule has 1 aromatic heterocycles. The number of nitrogen functional groups attached to an aromatic ring is 1. The first-order chi connectivity index (χ1) is 5.77. The van der Waals surface area contributed by atoms with Crippen molar-refractivity contribution in [1.29, 1.82) is 0 Å². The van der Waals surface area contributed by atoms with Gasteiger partial charge in [0.1, 0.15) is 10.8 Å². The van der Waals surface area contributed by atoms with Gasteiger partial charge in [0.25, 0.3) is 0 Å². The number of aryl methyl sites for hydroxylation is 1. The maximum Gasteiger partial charge on any atom is 0.137 e. The quantitative estimate of drug-likeness (QED) is 0.757. The lowest BCUT2D eigenvalue weighted by molar-refractivity contribution is 0.823. The van der Waals surface area contributed by atoms with Crippen molar-refractivity contribution in [2.24, 2.45) is 0 Å². The van der Waals surface area contributed by atoms with Crippen molar-refractivity contribution >= 4 is 28.9 Å². The number of thiazole rings is 1. The van der Waals surface area contributed by atoms with Crippen molar-refractivity contribution in [3.63, 3.8) is 0 Å². The zero-order chi connectivity index (χ0) is 8.55. The molecule has 1 aliphatic heterocycles. The average molecular weight is 200 g/mol. The van der Waals surface area contributed by atoms with Crippen LogP contribution in [0.3, 0.4) is 0 Å². The van der Waals surface area contributed by atoms with Crippen LogP contribution < -0.4 is 5.73 Å². The van der Waals surface area contributed by atoms with E-state index in [-0.39, 0.29) is 0 Å². The van der Waals surface area contributed by atoms with Crippen LogP contribution in [0.4, 0.5) is 5.82 Å². The van der Waals surface area contributed by atoms with E-state index in [9.17, 15) is 0 Å². The van der Waals surface area contributed by atoms with E-state index in [0.29, 0.717) is 5.25 Å². The van der Waals surface area contributed by atoms with Gasteiger partial charge >= 0.3 is 0 Å². The zero-order valence-corrected chi connectivity index (χ0v) is 8.67. The Kier molecular flexibility index (Phi) is 2.28. The topological polar surface area (TPSA) is 38.9 Å². The van der Waals surface area contributed by atoms with Crippen LogP contribution in [0.1, 0.15) is 28.0 Å². The summed E-state index contributed by atoms with van der Waals surface area (Å²) in [6.45, 7) is 2.04. The smallest absolute Gasteiger partial charge is 0.137 e. The highest BCUT2D eigenvalue weighted by Crippen LogP contribution is 2.42. The standard InChI is InChI=1S/C8H12N2S2/c1-5-7(9)10-8(12-5)6-3-2-4-11-6/h6H,2-4,9H2,1H3. The Labute approximate surface area is 80.6 Å². The van der Waals surface area contributed by atoms with Crippen molar-refractivity contribution in [3.05, 3.63) is 9.88 Å². The summed E-state index contributed by atoms with van der Waals surface area (Å²) in [6, 6.07) is 0.